The van der Waals surface area contributed by atoms with Gasteiger partial charge in [-0.15, -0.1) is 0 Å². The first-order valence-electron chi connectivity index (χ1n) is 12.0. The summed E-state index contributed by atoms with van der Waals surface area (Å²) >= 11 is 6.05. The molecule has 0 saturated heterocycles. The number of alkyl halides is 5. The Labute approximate surface area is 233 Å². The maximum Gasteiger partial charge on any atom is 0.459 e. The molecule has 0 radical (unpaired) electrons. The third kappa shape index (κ3) is 5.36. The number of fused-ring (bicyclic) bond motifs is 1. The van der Waals surface area contributed by atoms with E-state index in [-0.39, 0.29) is 15.8 Å². The van der Waals surface area contributed by atoms with Gasteiger partial charge in [0.2, 0.25) is 0 Å². The minimum absolute atomic E-state index is 0.0821. The fraction of sp³-hybridized carbons (Fsp3) is 0.185. The van der Waals surface area contributed by atoms with E-state index < -0.39 is 40.9 Å². The Kier molecular flexibility index (Phi) is 7.02. The minimum atomic E-state index is -5.97. The second-order valence-electron chi connectivity index (χ2n) is 9.19. The quantitative estimate of drug-likeness (QED) is 0.216. The van der Waals surface area contributed by atoms with E-state index in [2.05, 4.69) is 20.5 Å². The molecule has 0 aliphatic carbocycles. The van der Waals surface area contributed by atoms with Crippen molar-refractivity contribution in [3.8, 4) is 11.3 Å². The van der Waals surface area contributed by atoms with Gasteiger partial charge in [0.15, 0.2) is 11.3 Å². The second-order valence-corrected chi connectivity index (χ2v) is 9.63. The zero-order valence-corrected chi connectivity index (χ0v) is 22.0. The highest BCUT2D eigenvalue weighted by atomic mass is 35.5. The van der Waals surface area contributed by atoms with Gasteiger partial charge in [-0.1, -0.05) is 23.7 Å². The van der Waals surface area contributed by atoms with Crippen LogP contribution >= 0.6 is 11.6 Å². The Morgan fingerprint density at radius 3 is 2.34 bits per heavy atom. The number of nitrogens with one attached hydrogen (secondary N) is 1. The average molecular weight is 593 g/mol. The first kappa shape index (κ1) is 28.1. The van der Waals surface area contributed by atoms with E-state index in [0.29, 0.717) is 34.7 Å². The number of amides is 1. The summed E-state index contributed by atoms with van der Waals surface area (Å²) < 4.78 is 84.7. The van der Waals surface area contributed by atoms with Crippen LogP contribution in [0.1, 0.15) is 33.1 Å². The molecule has 0 unspecified atom stereocenters. The number of benzene rings is 2. The van der Waals surface area contributed by atoms with Crippen LogP contribution in [0.25, 0.3) is 16.9 Å². The lowest BCUT2D eigenvalue weighted by Gasteiger charge is -2.21. The average Bonchev–Trinajstić information content (AvgIpc) is 3.44. The van der Waals surface area contributed by atoms with Crippen molar-refractivity contribution in [2.45, 2.75) is 32.5 Å². The monoisotopic (exact) mass is 592 g/mol. The Morgan fingerprint density at radius 1 is 0.976 bits per heavy atom. The molecule has 5 aromatic rings. The number of aryl methyl sites for hydroxylation is 1. The van der Waals surface area contributed by atoms with Crippen LogP contribution < -0.4 is 5.32 Å². The van der Waals surface area contributed by atoms with Gasteiger partial charge in [-0.3, -0.25) is 9.48 Å². The Hall–Kier alpha value is -4.39. The molecule has 0 fully saturated rings. The van der Waals surface area contributed by atoms with Crippen LogP contribution in [-0.2, 0) is 12.5 Å². The van der Waals surface area contributed by atoms with Crippen molar-refractivity contribution in [2.24, 2.45) is 0 Å². The zero-order valence-electron chi connectivity index (χ0n) is 21.3. The lowest BCUT2D eigenvalue weighted by molar-refractivity contribution is -0.291. The summed E-state index contributed by atoms with van der Waals surface area (Å²) in [4.78, 5) is 17.2. The number of halogens is 7. The Bertz CT molecular complexity index is 1780. The van der Waals surface area contributed by atoms with Crippen LogP contribution in [0, 0.1) is 19.7 Å². The molecule has 1 N–H and O–H groups in total. The highest BCUT2D eigenvalue weighted by molar-refractivity contribution is 6.30. The number of carbonyl (C=O) groups is 1. The van der Waals surface area contributed by atoms with Crippen molar-refractivity contribution in [2.75, 3.05) is 5.32 Å². The van der Waals surface area contributed by atoms with Crippen LogP contribution in [-0.4, -0.2) is 36.5 Å². The number of rotatable bonds is 6. The molecule has 14 heteroatoms. The summed E-state index contributed by atoms with van der Waals surface area (Å²) in [5, 5.41) is 11.3. The number of nitrogens with zero attached hydrogens (tertiary/aromatic N) is 5. The summed E-state index contributed by atoms with van der Waals surface area (Å²) in [6.07, 6.45) is -5.97. The van der Waals surface area contributed by atoms with Gasteiger partial charge >= 0.3 is 12.1 Å². The van der Waals surface area contributed by atoms with Crippen molar-refractivity contribution < 1.29 is 31.1 Å². The van der Waals surface area contributed by atoms with E-state index in [1.54, 1.807) is 36.7 Å². The summed E-state index contributed by atoms with van der Waals surface area (Å²) in [6, 6.07) is 13.0. The number of anilines is 1. The van der Waals surface area contributed by atoms with E-state index >= 15 is 0 Å². The van der Waals surface area contributed by atoms with Gasteiger partial charge in [0.1, 0.15) is 11.5 Å². The molecule has 0 saturated carbocycles. The summed E-state index contributed by atoms with van der Waals surface area (Å²) in [5.74, 6) is -6.87. The van der Waals surface area contributed by atoms with Gasteiger partial charge in [0.25, 0.3) is 5.91 Å². The standard InChI is InChI=1S/C27H19ClF6N6O/c1-14-24(15(2)39(37-14)13-16-4-3-5-18(28)10-16)36-25(41)21-12-23-35-20(17-6-8-19(29)9-7-17)11-22(40(23)38-21)26(30,31)27(32,33)34/h3-12H,13H2,1-2H3,(H,36,41). The summed E-state index contributed by atoms with van der Waals surface area (Å²) in [5.41, 5.74) is -0.526. The zero-order chi connectivity index (χ0) is 29.7. The van der Waals surface area contributed by atoms with Crippen LogP contribution in [0.3, 0.4) is 0 Å². The van der Waals surface area contributed by atoms with E-state index in [4.69, 9.17) is 11.6 Å². The predicted octanol–water partition coefficient (Wildman–Crippen LogP) is 6.96. The summed E-state index contributed by atoms with van der Waals surface area (Å²) in [7, 11) is 0. The molecule has 5 rings (SSSR count). The molecule has 1 amide bonds. The fourth-order valence-electron chi connectivity index (χ4n) is 4.24. The smallest absolute Gasteiger partial charge is 0.317 e. The first-order chi connectivity index (χ1) is 19.2. The van der Waals surface area contributed by atoms with Gasteiger partial charge in [-0.2, -0.15) is 32.1 Å². The molecule has 0 aliphatic rings. The highest BCUT2D eigenvalue weighted by Gasteiger charge is 2.60. The molecule has 7 nitrogen and oxygen atoms in total. The molecular weight excluding hydrogens is 574 g/mol. The van der Waals surface area contributed by atoms with Crippen molar-refractivity contribution in [3.63, 3.8) is 0 Å². The van der Waals surface area contributed by atoms with Gasteiger partial charge in [0, 0.05) is 16.7 Å². The highest BCUT2D eigenvalue weighted by Crippen LogP contribution is 2.44. The predicted molar refractivity (Wildman–Crippen MR) is 139 cm³/mol. The molecular formula is C27H19ClF6N6O. The largest absolute Gasteiger partial charge is 0.459 e. The molecule has 0 spiro atoms. The topological polar surface area (TPSA) is 77.1 Å². The number of hydrogen-bond acceptors (Lipinski definition) is 4. The normalized spacial score (nSPS) is 12.2. The van der Waals surface area contributed by atoms with E-state index in [1.807, 2.05) is 6.07 Å². The van der Waals surface area contributed by atoms with Crippen molar-refractivity contribution in [3.05, 3.63) is 99.8 Å². The Morgan fingerprint density at radius 2 is 1.68 bits per heavy atom. The molecule has 3 aromatic heterocycles. The van der Waals surface area contributed by atoms with Crippen molar-refractivity contribution >= 4 is 28.8 Å². The molecule has 0 atom stereocenters. The minimum Gasteiger partial charge on any atom is -0.317 e. The van der Waals surface area contributed by atoms with Crippen LogP contribution in [0.2, 0.25) is 5.02 Å². The molecule has 2 aromatic carbocycles. The third-order valence-electron chi connectivity index (χ3n) is 6.32. The number of carbonyl (C=O) groups excluding carboxylic acids is 1. The van der Waals surface area contributed by atoms with E-state index in [1.165, 1.54) is 12.1 Å². The lowest BCUT2D eigenvalue weighted by Crippen LogP contribution is -2.36. The van der Waals surface area contributed by atoms with Gasteiger partial charge < -0.3 is 5.32 Å². The number of hydrogen-bond donors (Lipinski definition) is 1. The summed E-state index contributed by atoms with van der Waals surface area (Å²) in [6.45, 7) is 3.67. The third-order valence-corrected chi connectivity index (χ3v) is 6.55. The number of aromatic nitrogens is 5. The molecule has 212 valence electrons. The fourth-order valence-corrected chi connectivity index (χ4v) is 4.45. The van der Waals surface area contributed by atoms with Gasteiger partial charge in [-0.25, -0.2) is 13.9 Å². The van der Waals surface area contributed by atoms with Gasteiger partial charge in [-0.05, 0) is 61.9 Å². The van der Waals surface area contributed by atoms with E-state index in [0.717, 1.165) is 23.8 Å². The Balaban J connectivity index is 1.53. The van der Waals surface area contributed by atoms with Crippen molar-refractivity contribution in [1.29, 1.82) is 0 Å². The molecule has 41 heavy (non-hydrogen) atoms. The molecule has 0 aliphatic heterocycles. The maximum atomic E-state index is 14.6. The second kappa shape index (κ2) is 10.2. The van der Waals surface area contributed by atoms with Gasteiger partial charge in [0.05, 0.1) is 29.3 Å². The molecule has 0 bridgehead atoms. The van der Waals surface area contributed by atoms with E-state index in [9.17, 15) is 31.1 Å². The molecule has 3 heterocycles. The SMILES string of the molecule is Cc1nn(Cc2cccc(Cl)c2)c(C)c1NC(=O)c1cc2nc(-c3ccc(F)cc3)cc(C(F)(F)C(F)(F)F)n2n1. The lowest BCUT2D eigenvalue weighted by atomic mass is 10.1. The first-order valence-corrected chi connectivity index (χ1v) is 12.3. The van der Waals surface area contributed by atoms with Crippen LogP contribution in [0.4, 0.5) is 32.0 Å². The van der Waals surface area contributed by atoms with Crippen LogP contribution in [0.5, 0.6) is 0 Å². The maximum absolute atomic E-state index is 14.6. The van der Waals surface area contributed by atoms with Crippen molar-refractivity contribution in [1.82, 2.24) is 24.4 Å². The van der Waals surface area contributed by atoms with Crippen LogP contribution in [0.15, 0.2) is 60.7 Å².